The average Bonchev–Trinajstić information content (AvgIpc) is 3.62. The molecular formula is C30H33N9O. The maximum atomic E-state index is 12.8. The number of likely N-dealkylation sites (N-methyl/N-ethyl adjacent to an activating group) is 1. The molecule has 6 heterocycles. The molecule has 10 nitrogen and oxygen atoms in total. The Morgan fingerprint density at radius 3 is 2.55 bits per heavy atom. The molecule has 204 valence electrons. The summed E-state index contributed by atoms with van der Waals surface area (Å²) in [6.45, 7) is 4.03. The minimum absolute atomic E-state index is 0.0900. The number of hydrogen-bond acceptors (Lipinski definition) is 7. The number of pyridine rings is 3. The summed E-state index contributed by atoms with van der Waals surface area (Å²) >= 11 is 0. The Kier molecular flexibility index (Phi) is 6.39. The highest BCUT2D eigenvalue weighted by Crippen LogP contribution is 2.34. The van der Waals surface area contributed by atoms with E-state index >= 15 is 0 Å². The smallest absolute Gasteiger partial charge is 0.227 e. The van der Waals surface area contributed by atoms with Gasteiger partial charge in [0.25, 0.3) is 0 Å². The first-order chi connectivity index (χ1) is 19.6. The lowest BCUT2D eigenvalue weighted by Crippen LogP contribution is -2.44. The van der Waals surface area contributed by atoms with E-state index < -0.39 is 0 Å². The lowest BCUT2D eigenvalue weighted by Gasteiger charge is -2.34. The number of nitrogens with zero attached hydrogens (tertiary/aromatic N) is 6. The topological polar surface area (TPSA) is 119 Å². The number of aromatic amines is 2. The number of fused-ring (bicyclic) bond motifs is 2. The van der Waals surface area contributed by atoms with Crippen LogP contribution in [-0.2, 0) is 4.79 Å². The molecule has 7 rings (SSSR count). The number of amides is 1. The molecule has 2 aliphatic rings. The fourth-order valence-electron chi connectivity index (χ4n) is 6.01. The monoisotopic (exact) mass is 535 g/mol. The normalized spacial score (nSPS) is 17.1. The number of carbonyl (C=O) groups excluding carboxylic acids is 1. The van der Waals surface area contributed by atoms with Gasteiger partial charge in [0, 0.05) is 66.4 Å². The third kappa shape index (κ3) is 4.68. The van der Waals surface area contributed by atoms with Crippen molar-refractivity contribution in [3.63, 3.8) is 0 Å². The lowest BCUT2D eigenvalue weighted by atomic mass is 9.88. The predicted molar refractivity (Wildman–Crippen MR) is 157 cm³/mol. The van der Waals surface area contributed by atoms with Crippen LogP contribution in [0.4, 0.5) is 11.4 Å². The summed E-state index contributed by atoms with van der Waals surface area (Å²) in [6.07, 6.45) is 14.5. The van der Waals surface area contributed by atoms with Crippen LogP contribution in [0, 0.1) is 5.92 Å². The number of nitrogens with one attached hydrogen (secondary N) is 3. The molecule has 0 bridgehead atoms. The van der Waals surface area contributed by atoms with E-state index in [-0.39, 0.29) is 11.8 Å². The van der Waals surface area contributed by atoms with Crippen molar-refractivity contribution in [1.82, 2.24) is 35.0 Å². The quantitative estimate of drug-likeness (QED) is 0.295. The molecule has 0 unspecified atom stereocenters. The van der Waals surface area contributed by atoms with Crippen molar-refractivity contribution in [2.75, 3.05) is 43.4 Å². The predicted octanol–water partition coefficient (Wildman–Crippen LogP) is 4.83. The molecule has 1 aliphatic carbocycles. The first-order valence-corrected chi connectivity index (χ1v) is 14.1. The van der Waals surface area contributed by atoms with Gasteiger partial charge in [-0.25, -0.2) is 4.98 Å². The number of rotatable bonds is 5. The van der Waals surface area contributed by atoms with Gasteiger partial charge in [0.15, 0.2) is 5.65 Å². The molecule has 3 N–H and O–H groups in total. The zero-order valence-corrected chi connectivity index (χ0v) is 22.7. The molecule has 0 radical (unpaired) electrons. The standard InChI is InChI=1S/C30H33N9O/c1-38-7-9-39(10-8-38)27-18-32-17-26-23(27)13-25(35-26)28-24-12-21(15-33-29(24)37-36-28)20-11-22(16-31-14-20)34-30(40)19-5-3-2-4-6-19/h11-19,35H,2-10H2,1H3,(H,34,40)(H,33,36,37). The van der Waals surface area contributed by atoms with Gasteiger partial charge in [-0.1, -0.05) is 19.3 Å². The number of carbonyl (C=O) groups is 1. The van der Waals surface area contributed by atoms with Gasteiger partial charge < -0.3 is 20.1 Å². The van der Waals surface area contributed by atoms with E-state index in [1.807, 2.05) is 18.5 Å². The summed E-state index contributed by atoms with van der Waals surface area (Å²) in [6, 6.07) is 6.22. The number of hydrogen-bond donors (Lipinski definition) is 3. The Morgan fingerprint density at radius 2 is 1.70 bits per heavy atom. The second-order valence-corrected chi connectivity index (χ2v) is 11.1. The van der Waals surface area contributed by atoms with Crippen LogP contribution >= 0.6 is 0 Å². The fourth-order valence-corrected chi connectivity index (χ4v) is 6.01. The van der Waals surface area contributed by atoms with Gasteiger partial charge in [-0.2, -0.15) is 5.10 Å². The Labute approximate surface area is 232 Å². The zero-order chi connectivity index (χ0) is 27.1. The van der Waals surface area contributed by atoms with Crippen LogP contribution in [0.1, 0.15) is 32.1 Å². The maximum Gasteiger partial charge on any atom is 0.227 e. The van der Waals surface area contributed by atoms with Crippen LogP contribution < -0.4 is 10.2 Å². The summed E-state index contributed by atoms with van der Waals surface area (Å²) in [7, 11) is 2.16. The molecule has 40 heavy (non-hydrogen) atoms. The fraction of sp³-hybridized carbons (Fsp3) is 0.367. The van der Waals surface area contributed by atoms with Crippen LogP contribution in [0.15, 0.2) is 49.2 Å². The Hall–Kier alpha value is -4.31. The van der Waals surface area contributed by atoms with E-state index in [1.54, 1.807) is 18.6 Å². The van der Waals surface area contributed by atoms with Crippen molar-refractivity contribution in [1.29, 1.82) is 0 Å². The lowest BCUT2D eigenvalue weighted by molar-refractivity contribution is -0.120. The van der Waals surface area contributed by atoms with E-state index in [4.69, 9.17) is 0 Å². The van der Waals surface area contributed by atoms with Gasteiger partial charge in [0.2, 0.25) is 5.91 Å². The van der Waals surface area contributed by atoms with Gasteiger partial charge >= 0.3 is 0 Å². The Balaban J connectivity index is 1.19. The highest BCUT2D eigenvalue weighted by Gasteiger charge is 2.22. The van der Waals surface area contributed by atoms with Crippen molar-refractivity contribution >= 4 is 39.2 Å². The van der Waals surface area contributed by atoms with Crippen molar-refractivity contribution < 1.29 is 4.79 Å². The Bertz CT molecular complexity index is 1680. The molecule has 0 aromatic carbocycles. The van der Waals surface area contributed by atoms with Crippen molar-refractivity contribution in [2.24, 2.45) is 5.92 Å². The Morgan fingerprint density at radius 1 is 0.900 bits per heavy atom. The van der Waals surface area contributed by atoms with E-state index in [9.17, 15) is 4.79 Å². The van der Waals surface area contributed by atoms with Gasteiger partial charge in [-0.05, 0) is 38.1 Å². The van der Waals surface area contributed by atoms with Gasteiger partial charge in [0.1, 0.15) is 0 Å². The highest BCUT2D eigenvalue weighted by atomic mass is 16.1. The first-order valence-electron chi connectivity index (χ1n) is 14.1. The van der Waals surface area contributed by atoms with Crippen molar-refractivity contribution in [3.8, 4) is 22.5 Å². The summed E-state index contributed by atoms with van der Waals surface area (Å²) in [5.74, 6) is 0.181. The van der Waals surface area contributed by atoms with Crippen LogP contribution in [0.3, 0.4) is 0 Å². The van der Waals surface area contributed by atoms with E-state index in [1.165, 1.54) is 6.42 Å². The molecule has 5 aromatic heterocycles. The van der Waals surface area contributed by atoms with E-state index in [0.29, 0.717) is 11.3 Å². The average molecular weight is 536 g/mol. The van der Waals surface area contributed by atoms with Gasteiger partial charge in [-0.15, -0.1) is 0 Å². The second kappa shape index (κ2) is 10.3. The van der Waals surface area contributed by atoms with Crippen LogP contribution in [-0.4, -0.2) is 74.2 Å². The minimum Gasteiger partial charge on any atom is -0.367 e. The number of anilines is 2. The largest absolute Gasteiger partial charge is 0.367 e. The molecule has 2 fully saturated rings. The third-order valence-corrected chi connectivity index (χ3v) is 8.36. The molecule has 5 aromatic rings. The van der Waals surface area contributed by atoms with Crippen molar-refractivity contribution in [3.05, 3.63) is 49.2 Å². The van der Waals surface area contributed by atoms with Crippen LogP contribution in [0.2, 0.25) is 0 Å². The van der Waals surface area contributed by atoms with Gasteiger partial charge in [-0.3, -0.25) is 19.9 Å². The maximum absolute atomic E-state index is 12.8. The van der Waals surface area contributed by atoms with Crippen LogP contribution in [0.25, 0.3) is 44.5 Å². The molecule has 10 heteroatoms. The summed E-state index contributed by atoms with van der Waals surface area (Å²) in [5.41, 5.74) is 7.10. The number of H-pyrrole nitrogens is 2. The molecule has 1 saturated carbocycles. The van der Waals surface area contributed by atoms with Crippen LogP contribution in [0.5, 0.6) is 0 Å². The summed E-state index contributed by atoms with van der Waals surface area (Å²) in [5, 5.41) is 12.8. The summed E-state index contributed by atoms with van der Waals surface area (Å²) in [4.78, 5) is 34.6. The SMILES string of the molecule is CN1CCN(c2cncc3[nH]c(-c4[nH]nc5ncc(-c6cncc(NC(=O)C7CCCCC7)c6)cc45)cc23)CC1. The molecule has 1 aliphatic heterocycles. The molecule has 0 atom stereocenters. The van der Waals surface area contributed by atoms with E-state index in [0.717, 1.165) is 96.4 Å². The number of aromatic nitrogens is 6. The minimum atomic E-state index is 0.0900. The summed E-state index contributed by atoms with van der Waals surface area (Å²) < 4.78 is 0. The number of piperazine rings is 1. The highest BCUT2D eigenvalue weighted by molar-refractivity contribution is 6.00. The van der Waals surface area contributed by atoms with Gasteiger partial charge in [0.05, 0.1) is 46.9 Å². The van der Waals surface area contributed by atoms with E-state index in [2.05, 4.69) is 64.4 Å². The second-order valence-electron chi connectivity index (χ2n) is 11.1. The molecular weight excluding hydrogens is 502 g/mol. The first kappa shape index (κ1) is 24.7. The van der Waals surface area contributed by atoms with Crippen molar-refractivity contribution in [2.45, 2.75) is 32.1 Å². The zero-order valence-electron chi connectivity index (χ0n) is 22.7. The molecule has 0 spiro atoms. The molecule has 1 amide bonds. The third-order valence-electron chi connectivity index (χ3n) is 8.36. The molecule has 1 saturated heterocycles.